The fourth-order valence-electron chi connectivity index (χ4n) is 3.02. The van der Waals surface area contributed by atoms with Gasteiger partial charge in [-0.1, -0.05) is 18.2 Å². The summed E-state index contributed by atoms with van der Waals surface area (Å²) in [7, 11) is 0. The molecule has 112 valence electrons. The van der Waals surface area contributed by atoms with Gasteiger partial charge in [0, 0.05) is 35.7 Å². The van der Waals surface area contributed by atoms with Crippen molar-refractivity contribution in [2.24, 2.45) is 0 Å². The maximum Gasteiger partial charge on any atom is 0.0726 e. The molecule has 1 fully saturated rings. The zero-order valence-electron chi connectivity index (χ0n) is 12.4. The average molecular weight is 305 g/mol. The highest BCUT2D eigenvalue weighted by Gasteiger charge is 2.21. The topological polar surface area (TPSA) is 25.4 Å². The van der Waals surface area contributed by atoms with Crippen molar-refractivity contribution in [2.45, 2.75) is 25.9 Å². The molecule has 1 aliphatic rings. The molecule has 21 heavy (non-hydrogen) atoms. The van der Waals surface area contributed by atoms with E-state index in [9.17, 15) is 0 Å². The molecule has 1 aromatic heterocycles. The number of pyridine rings is 1. The highest BCUT2D eigenvalue weighted by Crippen LogP contribution is 2.29. The molecule has 2 aromatic rings. The third kappa shape index (κ3) is 3.30. The van der Waals surface area contributed by atoms with Crippen molar-refractivity contribution in [2.75, 3.05) is 30.5 Å². The van der Waals surface area contributed by atoms with Crippen molar-refractivity contribution >= 4 is 28.2 Å². The molecular formula is C17H21ClN2O. The SMILES string of the molecule is Cc1cc(N2CCC(OCCCl)CC2)c2ccccc2n1. The Morgan fingerprint density at radius 2 is 2.05 bits per heavy atom. The third-order valence-electron chi connectivity index (χ3n) is 4.04. The summed E-state index contributed by atoms with van der Waals surface area (Å²) in [6.07, 6.45) is 2.48. The number of piperidine rings is 1. The van der Waals surface area contributed by atoms with E-state index in [-0.39, 0.29) is 0 Å². The first-order valence-corrected chi connectivity index (χ1v) is 8.10. The Balaban J connectivity index is 1.79. The van der Waals surface area contributed by atoms with Gasteiger partial charge in [0.25, 0.3) is 0 Å². The predicted octanol–water partition coefficient (Wildman–Crippen LogP) is 3.77. The minimum Gasteiger partial charge on any atom is -0.377 e. The molecule has 1 aromatic carbocycles. The molecule has 0 N–H and O–H groups in total. The van der Waals surface area contributed by atoms with Crippen LogP contribution in [0.15, 0.2) is 30.3 Å². The molecule has 0 aliphatic carbocycles. The monoisotopic (exact) mass is 304 g/mol. The van der Waals surface area contributed by atoms with Crippen molar-refractivity contribution in [3.63, 3.8) is 0 Å². The van der Waals surface area contributed by atoms with Gasteiger partial charge in [-0.3, -0.25) is 4.98 Å². The lowest BCUT2D eigenvalue weighted by molar-refractivity contribution is 0.0472. The van der Waals surface area contributed by atoms with E-state index < -0.39 is 0 Å². The number of ether oxygens (including phenoxy) is 1. The van der Waals surface area contributed by atoms with E-state index in [2.05, 4.69) is 41.1 Å². The number of para-hydroxylation sites is 1. The van der Waals surface area contributed by atoms with Crippen molar-refractivity contribution in [1.29, 1.82) is 0 Å². The molecule has 0 amide bonds. The average Bonchev–Trinajstić information content (AvgIpc) is 2.52. The second kappa shape index (κ2) is 6.63. The van der Waals surface area contributed by atoms with Gasteiger partial charge in [-0.2, -0.15) is 0 Å². The maximum atomic E-state index is 5.76. The van der Waals surface area contributed by atoms with Gasteiger partial charge in [0.15, 0.2) is 0 Å². The first-order valence-electron chi connectivity index (χ1n) is 7.57. The summed E-state index contributed by atoms with van der Waals surface area (Å²) in [5.41, 5.74) is 3.45. The standard InChI is InChI=1S/C17H21ClN2O/c1-13-12-17(15-4-2-3-5-16(15)19-13)20-9-6-14(7-10-20)21-11-8-18/h2-5,12,14H,6-11H2,1H3. The molecule has 0 radical (unpaired) electrons. The number of nitrogens with zero attached hydrogens (tertiary/aromatic N) is 2. The van der Waals surface area contributed by atoms with Gasteiger partial charge in [0.05, 0.1) is 18.2 Å². The van der Waals surface area contributed by atoms with Gasteiger partial charge in [-0.25, -0.2) is 0 Å². The number of hydrogen-bond donors (Lipinski definition) is 0. The minimum absolute atomic E-state index is 0.356. The Labute approximate surface area is 130 Å². The molecule has 2 heterocycles. The zero-order chi connectivity index (χ0) is 14.7. The number of fused-ring (bicyclic) bond motifs is 1. The van der Waals surface area contributed by atoms with E-state index in [1.807, 2.05) is 6.07 Å². The molecule has 3 rings (SSSR count). The van der Waals surface area contributed by atoms with Crippen LogP contribution in [-0.4, -0.2) is 36.7 Å². The number of halogens is 1. The third-order valence-corrected chi connectivity index (χ3v) is 4.19. The molecule has 1 aliphatic heterocycles. The summed E-state index contributed by atoms with van der Waals surface area (Å²) in [4.78, 5) is 7.08. The minimum atomic E-state index is 0.356. The molecule has 0 saturated carbocycles. The second-order valence-corrected chi connectivity index (χ2v) is 5.92. The van der Waals surface area contributed by atoms with Gasteiger partial charge in [0.1, 0.15) is 0 Å². The van der Waals surface area contributed by atoms with Crippen LogP contribution in [0.3, 0.4) is 0 Å². The highest BCUT2D eigenvalue weighted by atomic mass is 35.5. The van der Waals surface area contributed by atoms with Gasteiger partial charge >= 0.3 is 0 Å². The Hall–Kier alpha value is -1.32. The van der Waals surface area contributed by atoms with E-state index in [1.165, 1.54) is 11.1 Å². The number of rotatable bonds is 4. The largest absolute Gasteiger partial charge is 0.377 e. The van der Waals surface area contributed by atoms with E-state index >= 15 is 0 Å². The number of anilines is 1. The lowest BCUT2D eigenvalue weighted by Gasteiger charge is -2.34. The summed E-state index contributed by atoms with van der Waals surface area (Å²) < 4.78 is 5.76. The van der Waals surface area contributed by atoms with Gasteiger partial charge in [-0.05, 0) is 31.9 Å². The number of alkyl halides is 1. The lowest BCUT2D eigenvalue weighted by Crippen LogP contribution is -2.37. The van der Waals surface area contributed by atoms with E-state index in [0.717, 1.165) is 37.1 Å². The molecule has 1 saturated heterocycles. The summed E-state index contributed by atoms with van der Waals surface area (Å²) in [6, 6.07) is 10.6. The van der Waals surface area contributed by atoms with Crippen molar-refractivity contribution in [3.05, 3.63) is 36.0 Å². The Kier molecular flexibility index (Phi) is 4.61. The Morgan fingerprint density at radius 1 is 1.29 bits per heavy atom. The van der Waals surface area contributed by atoms with Crippen LogP contribution in [-0.2, 0) is 4.74 Å². The quantitative estimate of drug-likeness (QED) is 0.804. The zero-order valence-corrected chi connectivity index (χ0v) is 13.1. The van der Waals surface area contributed by atoms with E-state index in [1.54, 1.807) is 0 Å². The Bertz CT molecular complexity index is 609. The van der Waals surface area contributed by atoms with Gasteiger partial charge in [0.2, 0.25) is 0 Å². The number of hydrogen-bond acceptors (Lipinski definition) is 3. The molecule has 3 nitrogen and oxygen atoms in total. The molecule has 0 bridgehead atoms. The number of aromatic nitrogens is 1. The number of aryl methyl sites for hydroxylation is 1. The molecule has 4 heteroatoms. The maximum absolute atomic E-state index is 5.76. The molecular weight excluding hydrogens is 284 g/mol. The van der Waals surface area contributed by atoms with Crippen LogP contribution >= 0.6 is 11.6 Å². The highest BCUT2D eigenvalue weighted by molar-refractivity contribution is 6.17. The van der Waals surface area contributed by atoms with E-state index in [0.29, 0.717) is 18.6 Å². The van der Waals surface area contributed by atoms with E-state index in [4.69, 9.17) is 16.3 Å². The summed E-state index contributed by atoms with van der Waals surface area (Å²) in [5.74, 6) is 0.578. The smallest absolute Gasteiger partial charge is 0.0726 e. The van der Waals surface area contributed by atoms with Crippen LogP contribution in [0.25, 0.3) is 10.9 Å². The normalized spacial score (nSPS) is 16.6. The van der Waals surface area contributed by atoms with Crippen LogP contribution in [0.4, 0.5) is 5.69 Å². The lowest BCUT2D eigenvalue weighted by atomic mass is 10.0. The second-order valence-electron chi connectivity index (χ2n) is 5.55. The van der Waals surface area contributed by atoms with Crippen LogP contribution in [0.5, 0.6) is 0 Å². The molecule has 0 unspecified atom stereocenters. The van der Waals surface area contributed by atoms with Crippen LogP contribution in [0.1, 0.15) is 18.5 Å². The summed E-state index contributed by atoms with van der Waals surface area (Å²) in [6.45, 7) is 4.77. The first-order chi connectivity index (χ1) is 10.3. The van der Waals surface area contributed by atoms with Crippen LogP contribution < -0.4 is 4.90 Å². The fourth-order valence-corrected chi connectivity index (χ4v) is 3.11. The molecule has 0 spiro atoms. The van der Waals surface area contributed by atoms with Gasteiger partial charge in [-0.15, -0.1) is 11.6 Å². The van der Waals surface area contributed by atoms with Crippen LogP contribution in [0, 0.1) is 6.92 Å². The summed E-state index contributed by atoms with van der Waals surface area (Å²) in [5, 5.41) is 1.24. The predicted molar refractivity (Wildman–Crippen MR) is 88.4 cm³/mol. The summed E-state index contributed by atoms with van der Waals surface area (Å²) >= 11 is 5.69. The Morgan fingerprint density at radius 3 is 2.81 bits per heavy atom. The molecule has 0 atom stereocenters. The van der Waals surface area contributed by atoms with Crippen molar-refractivity contribution in [1.82, 2.24) is 4.98 Å². The number of benzene rings is 1. The first kappa shape index (κ1) is 14.6. The van der Waals surface area contributed by atoms with Crippen molar-refractivity contribution < 1.29 is 4.74 Å². The fraction of sp³-hybridized carbons (Fsp3) is 0.471. The van der Waals surface area contributed by atoms with Crippen molar-refractivity contribution in [3.8, 4) is 0 Å². The van der Waals surface area contributed by atoms with Gasteiger partial charge < -0.3 is 9.64 Å². The van der Waals surface area contributed by atoms with Crippen LogP contribution in [0.2, 0.25) is 0 Å².